The van der Waals surface area contributed by atoms with Gasteiger partial charge in [-0.25, -0.2) is 0 Å². The molecule has 0 spiro atoms. The average Bonchev–Trinajstić information content (AvgIpc) is 2.51. The van der Waals surface area contributed by atoms with Gasteiger partial charge in [-0.05, 0) is 60.1 Å². The first kappa shape index (κ1) is 20.8. The molecule has 2 aromatic carbocycles. The molecule has 0 atom stereocenters. The third-order valence-electron chi connectivity index (χ3n) is 4.17. The van der Waals surface area contributed by atoms with Gasteiger partial charge in [0.15, 0.2) is 0 Å². The molecule has 0 amide bonds. The molecular weight excluding hydrogens is 312 g/mol. The lowest BCUT2D eigenvalue weighted by Crippen LogP contribution is -2.04. The minimum atomic E-state index is -0.269. The summed E-state index contributed by atoms with van der Waals surface area (Å²) in [7, 11) is 0. The number of ether oxygens (including phenoxy) is 1. The summed E-state index contributed by atoms with van der Waals surface area (Å²) in [5.74, 6) is 1.74. The lowest BCUT2D eigenvalue weighted by Gasteiger charge is -2.12. The zero-order chi connectivity index (χ0) is 19.1. The maximum absolute atomic E-state index is 10.8. The van der Waals surface area contributed by atoms with Crippen molar-refractivity contribution >= 4 is 5.97 Å². The van der Waals surface area contributed by atoms with Gasteiger partial charge in [0.2, 0.25) is 0 Å². The third kappa shape index (κ3) is 5.93. The smallest absolute Gasteiger partial charge is 0.308 e. The van der Waals surface area contributed by atoms with E-state index >= 15 is 0 Å². The molecule has 0 fully saturated rings. The zero-order valence-electron chi connectivity index (χ0n) is 16.4. The first-order chi connectivity index (χ1) is 11.6. The van der Waals surface area contributed by atoms with Crippen LogP contribution in [-0.4, -0.2) is 11.1 Å². The number of hydrogen-bond acceptors (Lipinski definition) is 3. The number of benzene rings is 2. The van der Waals surface area contributed by atoms with Crippen molar-refractivity contribution in [2.75, 3.05) is 0 Å². The molecule has 3 nitrogen and oxygen atoms in total. The highest BCUT2D eigenvalue weighted by Gasteiger charge is 2.09. The van der Waals surface area contributed by atoms with Crippen LogP contribution in [0.1, 0.15) is 68.7 Å². The zero-order valence-corrected chi connectivity index (χ0v) is 16.4. The number of aromatic hydroxyl groups is 1. The van der Waals surface area contributed by atoms with Crippen molar-refractivity contribution in [2.45, 2.75) is 60.3 Å². The number of rotatable bonds is 3. The molecule has 136 valence electrons. The summed E-state index contributed by atoms with van der Waals surface area (Å²) >= 11 is 0. The Balaban J connectivity index is 0.000000257. The van der Waals surface area contributed by atoms with E-state index in [4.69, 9.17) is 4.74 Å². The van der Waals surface area contributed by atoms with E-state index in [-0.39, 0.29) is 5.97 Å². The highest BCUT2D eigenvalue weighted by molar-refractivity contribution is 5.70. The summed E-state index contributed by atoms with van der Waals surface area (Å²) < 4.78 is 5.10. The van der Waals surface area contributed by atoms with Gasteiger partial charge in [-0.3, -0.25) is 4.79 Å². The Kier molecular flexibility index (Phi) is 7.69. The number of carbonyl (C=O) groups excluding carboxylic acids is 1. The third-order valence-corrected chi connectivity index (χ3v) is 4.17. The highest BCUT2D eigenvalue weighted by Crippen LogP contribution is 2.27. The van der Waals surface area contributed by atoms with Gasteiger partial charge in [-0.1, -0.05) is 52.0 Å². The number of phenolic OH excluding ortho intramolecular Hbond substituents is 1. The van der Waals surface area contributed by atoms with Crippen molar-refractivity contribution in [1.29, 1.82) is 0 Å². The molecular formula is C22H30O3. The fraction of sp³-hybridized carbons (Fsp3) is 0.409. The number of phenols is 1. The van der Waals surface area contributed by atoms with Crippen molar-refractivity contribution in [3.8, 4) is 11.5 Å². The van der Waals surface area contributed by atoms with Crippen LogP contribution in [0.25, 0.3) is 0 Å². The van der Waals surface area contributed by atoms with Crippen molar-refractivity contribution in [1.82, 2.24) is 0 Å². The van der Waals surface area contributed by atoms with Crippen LogP contribution in [-0.2, 0) is 4.79 Å². The van der Waals surface area contributed by atoms with E-state index in [9.17, 15) is 9.90 Å². The summed E-state index contributed by atoms with van der Waals surface area (Å²) in [5, 5.41) is 9.35. The van der Waals surface area contributed by atoms with Crippen molar-refractivity contribution in [3.05, 3.63) is 58.7 Å². The molecule has 2 rings (SSSR count). The Bertz CT molecular complexity index is 715. The van der Waals surface area contributed by atoms with Gasteiger partial charge in [0, 0.05) is 6.92 Å². The second-order valence-corrected chi connectivity index (χ2v) is 6.86. The van der Waals surface area contributed by atoms with E-state index < -0.39 is 0 Å². The fourth-order valence-electron chi connectivity index (χ4n) is 2.79. The van der Waals surface area contributed by atoms with Gasteiger partial charge in [0.1, 0.15) is 11.5 Å². The largest absolute Gasteiger partial charge is 0.508 e. The van der Waals surface area contributed by atoms with Crippen LogP contribution in [0.5, 0.6) is 11.5 Å². The Labute approximate surface area is 151 Å². The topological polar surface area (TPSA) is 46.5 Å². The van der Waals surface area contributed by atoms with Crippen molar-refractivity contribution in [3.63, 3.8) is 0 Å². The lowest BCUT2D eigenvalue weighted by molar-refractivity contribution is -0.131. The summed E-state index contributed by atoms with van der Waals surface area (Å²) in [6.07, 6.45) is 0. The van der Waals surface area contributed by atoms with E-state index in [0.717, 1.165) is 11.1 Å². The van der Waals surface area contributed by atoms with Gasteiger partial charge in [-0.15, -0.1) is 0 Å². The number of carbonyl (C=O) groups is 1. The van der Waals surface area contributed by atoms with E-state index in [2.05, 4.69) is 39.8 Å². The van der Waals surface area contributed by atoms with E-state index in [0.29, 0.717) is 23.3 Å². The highest BCUT2D eigenvalue weighted by atomic mass is 16.5. The van der Waals surface area contributed by atoms with E-state index in [1.54, 1.807) is 6.07 Å². The van der Waals surface area contributed by atoms with E-state index in [1.165, 1.54) is 18.1 Å². The van der Waals surface area contributed by atoms with Crippen molar-refractivity contribution < 1.29 is 14.6 Å². The molecule has 1 N–H and O–H groups in total. The maximum atomic E-state index is 10.8. The molecule has 0 unspecified atom stereocenters. The molecule has 0 radical (unpaired) electrons. The van der Waals surface area contributed by atoms with E-state index in [1.807, 2.05) is 32.0 Å². The monoisotopic (exact) mass is 342 g/mol. The molecule has 0 saturated carbocycles. The second-order valence-electron chi connectivity index (χ2n) is 6.86. The van der Waals surface area contributed by atoms with Gasteiger partial charge in [0.05, 0.1) is 0 Å². The second kappa shape index (κ2) is 9.26. The normalized spacial score (nSPS) is 10.4. The number of esters is 1. The molecule has 0 heterocycles. The Morgan fingerprint density at radius 2 is 1.36 bits per heavy atom. The van der Waals surface area contributed by atoms with Crippen LogP contribution < -0.4 is 4.74 Å². The molecule has 25 heavy (non-hydrogen) atoms. The quantitative estimate of drug-likeness (QED) is 0.560. The van der Waals surface area contributed by atoms with Crippen LogP contribution >= 0.6 is 0 Å². The Morgan fingerprint density at radius 3 is 1.80 bits per heavy atom. The predicted octanol–water partition coefficient (Wildman–Crippen LogP) is 5.87. The van der Waals surface area contributed by atoms with Gasteiger partial charge in [0.25, 0.3) is 0 Å². The molecule has 0 aliphatic heterocycles. The molecule has 0 bridgehead atoms. The summed E-state index contributed by atoms with van der Waals surface area (Å²) in [5.41, 5.74) is 4.51. The van der Waals surface area contributed by atoms with Gasteiger partial charge < -0.3 is 9.84 Å². The standard InChI is InChI=1S/C12H16O2.C10H14O/c1-8(2)11-6-5-7-12(9(11)3)14-10(4)13;1-7(2)9-5-4-6-10(11)8(9)3/h5-8H,1-4H3;4-7,11H,1-3H3. The SMILES string of the molecule is CC(=O)Oc1cccc(C(C)C)c1C.Cc1c(O)cccc1C(C)C. The predicted molar refractivity (Wildman–Crippen MR) is 104 cm³/mol. The Morgan fingerprint density at radius 1 is 0.880 bits per heavy atom. The van der Waals surface area contributed by atoms with Crippen LogP contribution in [0.15, 0.2) is 36.4 Å². The fourth-order valence-corrected chi connectivity index (χ4v) is 2.79. The van der Waals surface area contributed by atoms with Crippen LogP contribution in [0, 0.1) is 13.8 Å². The minimum absolute atomic E-state index is 0.269. The molecule has 0 aliphatic rings. The van der Waals surface area contributed by atoms with Gasteiger partial charge in [-0.2, -0.15) is 0 Å². The number of hydrogen-bond donors (Lipinski definition) is 1. The van der Waals surface area contributed by atoms with Crippen LogP contribution in [0.3, 0.4) is 0 Å². The Hall–Kier alpha value is -2.29. The molecule has 2 aromatic rings. The van der Waals surface area contributed by atoms with Crippen molar-refractivity contribution in [2.24, 2.45) is 0 Å². The molecule has 0 aromatic heterocycles. The minimum Gasteiger partial charge on any atom is -0.508 e. The first-order valence-corrected chi connectivity index (χ1v) is 8.71. The molecule has 3 heteroatoms. The van der Waals surface area contributed by atoms with Gasteiger partial charge >= 0.3 is 5.97 Å². The summed E-state index contributed by atoms with van der Waals surface area (Å²) in [4.78, 5) is 10.8. The average molecular weight is 342 g/mol. The molecule has 0 aliphatic carbocycles. The summed E-state index contributed by atoms with van der Waals surface area (Å²) in [6.45, 7) is 13.9. The van der Waals surface area contributed by atoms with Crippen LogP contribution in [0.2, 0.25) is 0 Å². The van der Waals surface area contributed by atoms with Crippen LogP contribution in [0.4, 0.5) is 0 Å². The summed E-state index contributed by atoms with van der Waals surface area (Å²) in [6, 6.07) is 11.5. The molecule has 0 saturated heterocycles. The first-order valence-electron chi connectivity index (χ1n) is 8.71. The maximum Gasteiger partial charge on any atom is 0.308 e. The lowest BCUT2D eigenvalue weighted by atomic mass is 9.97.